The average molecular weight is 693 g/mol. The molecule has 1 N–H and O–H groups in total. The summed E-state index contributed by atoms with van der Waals surface area (Å²) in [4.78, 5) is -0.0971. The summed E-state index contributed by atoms with van der Waals surface area (Å²) in [6, 6.07) is 29.3. The third kappa shape index (κ3) is 8.98. The van der Waals surface area contributed by atoms with Gasteiger partial charge in [0, 0.05) is 4.90 Å². The number of hydrogen-bond acceptors (Lipinski definition) is 2. The Morgan fingerprint density at radius 1 is 0.703 bits per heavy atom. The summed E-state index contributed by atoms with van der Waals surface area (Å²) in [6.45, 7) is 6.54. The molecule has 4 rings (SSSR count). The van der Waals surface area contributed by atoms with Gasteiger partial charge in [-0.2, -0.15) is 0 Å². The van der Waals surface area contributed by atoms with E-state index in [1.807, 2.05) is 12.1 Å². The fraction of sp³-hybridized carbons (Fsp3) is 0.200. The SMILES string of the molecule is Cc1ccc(C(C)C)cc1.[NH-]C(c1ccccc1)C([N-]S(=O)(=O)c1ccc(F)cc1)c1ccccc1.[Os+2]. The van der Waals surface area contributed by atoms with Crippen molar-refractivity contribution in [1.82, 2.24) is 0 Å². The standard InChI is InChI=1S/C20H17FN2O2S.C10H14.Os/c21-17-11-13-18(14-12-17)26(24,25)23-20(16-9-5-2-6-10-16)19(22)15-7-3-1-4-8-15;1-8(2)10-6-4-9(3)5-7-10;/h1-14,19-20,22H;4-8H,1-3H3;/q-2;;+2. The third-order valence-electron chi connectivity index (χ3n) is 5.72. The summed E-state index contributed by atoms with van der Waals surface area (Å²) in [5.74, 6) is 0.131. The van der Waals surface area contributed by atoms with E-state index >= 15 is 0 Å². The molecule has 2 atom stereocenters. The molecule has 37 heavy (non-hydrogen) atoms. The van der Waals surface area contributed by atoms with Gasteiger partial charge in [-0.3, -0.25) is 0 Å². The molecule has 7 heteroatoms. The molecule has 0 saturated carbocycles. The van der Waals surface area contributed by atoms with Crippen molar-refractivity contribution in [2.45, 2.75) is 43.7 Å². The molecule has 0 aliphatic rings. The van der Waals surface area contributed by atoms with Crippen LogP contribution in [0.4, 0.5) is 4.39 Å². The van der Waals surface area contributed by atoms with Gasteiger partial charge in [-0.15, -0.1) is 12.1 Å². The number of benzene rings is 4. The van der Waals surface area contributed by atoms with E-state index in [1.165, 1.54) is 23.3 Å². The molecule has 0 aliphatic carbocycles. The largest absolute Gasteiger partial charge is 2.00 e. The van der Waals surface area contributed by atoms with Crippen LogP contribution in [0.3, 0.4) is 0 Å². The Labute approximate surface area is 233 Å². The average Bonchev–Trinajstić information content (AvgIpc) is 2.89. The van der Waals surface area contributed by atoms with Crippen molar-refractivity contribution in [2.75, 3.05) is 0 Å². The number of halogens is 1. The zero-order valence-electron chi connectivity index (χ0n) is 21.0. The van der Waals surface area contributed by atoms with Gasteiger partial charge < -0.3 is 10.5 Å². The minimum absolute atomic E-state index is 0. The zero-order chi connectivity index (χ0) is 26.1. The van der Waals surface area contributed by atoms with Crippen molar-refractivity contribution in [2.24, 2.45) is 0 Å². The first-order valence-electron chi connectivity index (χ1n) is 11.8. The van der Waals surface area contributed by atoms with E-state index in [0.29, 0.717) is 17.0 Å². The Kier molecular flexibility index (Phi) is 11.8. The van der Waals surface area contributed by atoms with Crippen LogP contribution >= 0.6 is 0 Å². The fourth-order valence-electron chi connectivity index (χ4n) is 3.58. The maximum Gasteiger partial charge on any atom is 2.00 e. The van der Waals surface area contributed by atoms with Crippen molar-refractivity contribution < 1.29 is 32.6 Å². The summed E-state index contributed by atoms with van der Waals surface area (Å²) in [7, 11) is -4.04. The second kappa shape index (κ2) is 14.3. The van der Waals surface area contributed by atoms with Crippen molar-refractivity contribution in [1.29, 1.82) is 0 Å². The van der Waals surface area contributed by atoms with Crippen LogP contribution in [0.2, 0.25) is 0 Å². The predicted octanol–water partition coefficient (Wildman–Crippen LogP) is 8.54. The van der Waals surface area contributed by atoms with Crippen LogP contribution in [0.5, 0.6) is 0 Å². The minimum atomic E-state index is -4.04. The molecule has 0 heterocycles. The minimum Gasteiger partial charge on any atom is -0.672 e. The molecule has 0 aromatic heterocycles. The number of hydrogen-bond donors (Lipinski definition) is 0. The second-order valence-electron chi connectivity index (χ2n) is 8.84. The number of nitrogens with zero attached hydrogens (tertiary/aromatic N) is 1. The number of rotatable bonds is 7. The van der Waals surface area contributed by atoms with Gasteiger partial charge in [0.05, 0.1) is 0 Å². The molecular formula is C30H31FN2O2OsS. The third-order valence-corrected chi connectivity index (χ3v) is 7.10. The van der Waals surface area contributed by atoms with Crippen LogP contribution in [0.15, 0.2) is 114 Å². The molecule has 0 bridgehead atoms. The van der Waals surface area contributed by atoms with Crippen molar-refractivity contribution >= 4 is 10.0 Å². The van der Waals surface area contributed by atoms with E-state index in [0.717, 1.165) is 12.1 Å². The molecule has 0 saturated heterocycles. The topological polar surface area (TPSA) is 72.0 Å². The molecule has 0 spiro atoms. The van der Waals surface area contributed by atoms with Gasteiger partial charge in [0.25, 0.3) is 0 Å². The Balaban J connectivity index is 0.000000369. The van der Waals surface area contributed by atoms with E-state index in [-0.39, 0.29) is 24.7 Å². The Hall–Kier alpha value is -2.68. The number of sulfonamides is 1. The second-order valence-corrected chi connectivity index (χ2v) is 10.5. The first-order chi connectivity index (χ1) is 17.2. The molecule has 0 radical (unpaired) electrons. The first-order valence-corrected chi connectivity index (χ1v) is 13.2. The van der Waals surface area contributed by atoms with Crippen LogP contribution in [-0.2, 0) is 29.8 Å². The number of nitrogens with one attached hydrogen (secondary N) is 1. The van der Waals surface area contributed by atoms with Crippen molar-refractivity contribution in [3.8, 4) is 0 Å². The molecule has 0 amide bonds. The molecular weight excluding hydrogens is 662 g/mol. The van der Waals surface area contributed by atoms with E-state index in [1.54, 1.807) is 48.5 Å². The molecule has 4 aromatic carbocycles. The quantitative estimate of drug-likeness (QED) is 0.195. The summed E-state index contributed by atoms with van der Waals surface area (Å²) < 4.78 is 42.5. The van der Waals surface area contributed by atoms with Crippen LogP contribution in [-0.4, -0.2) is 8.42 Å². The maximum atomic E-state index is 13.1. The van der Waals surface area contributed by atoms with Crippen LogP contribution in [0.25, 0.3) is 10.5 Å². The van der Waals surface area contributed by atoms with Gasteiger partial charge in [-0.05, 0) is 42.7 Å². The molecule has 0 fully saturated rings. The smallest absolute Gasteiger partial charge is 0.672 e. The molecule has 0 aliphatic heterocycles. The van der Waals surface area contributed by atoms with E-state index in [2.05, 4.69) is 49.8 Å². The monoisotopic (exact) mass is 694 g/mol. The van der Waals surface area contributed by atoms with E-state index < -0.39 is 27.9 Å². The van der Waals surface area contributed by atoms with Crippen LogP contribution < -0.4 is 0 Å². The van der Waals surface area contributed by atoms with Crippen molar-refractivity contribution in [3.63, 3.8) is 0 Å². The van der Waals surface area contributed by atoms with Crippen LogP contribution in [0.1, 0.15) is 54.1 Å². The van der Waals surface area contributed by atoms with Gasteiger partial charge in [0.15, 0.2) is 0 Å². The molecule has 4 aromatic rings. The number of aryl methyl sites for hydroxylation is 1. The molecule has 4 nitrogen and oxygen atoms in total. The van der Waals surface area contributed by atoms with Crippen LogP contribution in [0, 0.1) is 12.7 Å². The van der Waals surface area contributed by atoms with E-state index in [4.69, 9.17) is 5.73 Å². The van der Waals surface area contributed by atoms with E-state index in [9.17, 15) is 12.8 Å². The van der Waals surface area contributed by atoms with Gasteiger partial charge in [0.1, 0.15) is 15.8 Å². The first kappa shape index (κ1) is 30.5. The van der Waals surface area contributed by atoms with Crippen molar-refractivity contribution in [3.05, 3.63) is 148 Å². The summed E-state index contributed by atoms with van der Waals surface area (Å²) >= 11 is 0. The Morgan fingerprint density at radius 2 is 1.19 bits per heavy atom. The maximum absolute atomic E-state index is 13.1. The van der Waals surface area contributed by atoms with Gasteiger partial charge in [0.2, 0.25) is 0 Å². The molecule has 194 valence electrons. The summed E-state index contributed by atoms with van der Waals surface area (Å²) in [5, 5.41) is 0. The summed E-state index contributed by atoms with van der Waals surface area (Å²) in [6.07, 6.45) is 0. The summed E-state index contributed by atoms with van der Waals surface area (Å²) in [5.41, 5.74) is 12.6. The van der Waals surface area contributed by atoms with Gasteiger partial charge in [-0.1, -0.05) is 115 Å². The van der Waals surface area contributed by atoms with Gasteiger partial charge in [-0.25, -0.2) is 12.8 Å². The fourth-order valence-corrected chi connectivity index (χ4v) is 4.72. The van der Waals surface area contributed by atoms with Gasteiger partial charge >= 0.3 is 19.8 Å². The zero-order valence-corrected chi connectivity index (χ0v) is 24.4. The Bertz CT molecular complexity index is 1320. The Morgan fingerprint density at radius 3 is 1.68 bits per heavy atom. The predicted molar refractivity (Wildman–Crippen MR) is 145 cm³/mol. The molecule has 2 unspecified atom stereocenters. The normalized spacial score (nSPS) is 12.6.